The number of hydrogen-bond acceptors (Lipinski definition) is 4. The summed E-state index contributed by atoms with van der Waals surface area (Å²) in [5.74, 6) is -0.0286. The van der Waals surface area contributed by atoms with E-state index in [1.807, 2.05) is 66.9 Å². The van der Waals surface area contributed by atoms with E-state index in [0.29, 0.717) is 6.54 Å². The van der Waals surface area contributed by atoms with Gasteiger partial charge >= 0.3 is 0 Å². The van der Waals surface area contributed by atoms with Crippen LogP contribution >= 0.6 is 0 Å². The van der Waals surface area contributed by atoms with Crippen LogP contribution in [0.3, 0.4) is 0 Å². The average Bonchev–Trinajstić information content (AvgIpc) is 3.20. The van der Waals surface area contributed by atoms with Gasteiger partial charge in [-0.3, -0.25) is 9.69 Å². The van der Waals surface area contributed by atoms with E-state index in [0.717, 1.165) is 30.0 Å². The zero-order chi connectivity index (χ0) is 19.1. The predicted octanol–water partition coefficient (Wildman–Crippen LogP) is 2.97. The Bertz CT molecular complexity index is 843. The number of aromatic nitrogens is 3. The number of carbonyl (C=O) groups is 1. The lowest BCUT2D eigenvalue weighted by atomic mass is 10.0. The molecule has 140 valence electrons. The van der Waals surface area contributed by atoms with E-state index < -0.39 is 0 Å². The van der Waals surface area contributed by atoms with Gasteiger partial charge in [0.25, 0.3) is 0 Å². The van der Waals surface area contributed by atoms with Crippen molar-refractivity contribution in [3.63, 3.8) is 0 Å². The maximum absolute atomic E-state index is 12.9. The summed E-state index contributed by atoms with van der Waals surface area (Å²) in [7, 11) is 0. The Morgan fingerprint density at radius 2 is 1.67 bits per heavy atom. The summed E-state index contributed by atoms with van der Waals surface area (Å²) in [5.41, 5.74) is 2.65. The van der Waals surface area contributed by atoms with E-state index >= 15 is 0 Å². The minimum atomic E-state index is -0.314. The molecule has 0 saturated carbocycles. The number of amides is 1. The smallest absolute Gasteiger partial charge is 0.242 e. The number of rotatable bonds is 8. The summed E-state index contributed by atoms with van der Waals surface area (Å²) in [6.45, 7) is 6.08. The Balaban J connectivity index is 1.70. The van der Waals surface area contributed by atoms with Gasteiger partial charge in [0.15, 0.2) is 0 Å². The van der Waals surface area contributed by atoms with E-state index in [1.165, 1.54) is 0 Å². The van der Waals surface area contributed by atoms with E-state index in [9.17, 15) is 4.79 Å². The molecule has 1 N–H and O–H groups in total. The SMILES string of the molecule is CCN(CC)C(C(=O)NCc1cn(-c2ccccc2)nn1)c1ccccc1. The molecule has 0 fully saturated rings. The van der Waals surface area contributed by atoms with Crippen molar-refractivity contribution >= 4 is 5.91 Å². The normalized spacial score (nSPS) is 12.1. The highest BCUT2D eigenvalue weighted by Crippen LogP contribution is 2.20. The van der Waals surface area contributed by atoms with Crippen LogP contribution in [0, 0.1) is 0 Å². The third-order valence-electron chi connectivity index (χ3n) is 4.55. The fraction of sp³-hybridized carbons (Fsp3) is 0.286. The summed E-state index contributed by atoms with van der Waals surface area (Å²) < 4.78 is 1.71. The topological polar surface area (TPSA) is 63.1 Å². The van der Waals surface area contributed by atoms with Crippen molar-refractivity contribution in [2.75, 3.05) is 13.1 Å². The molecule has 27 heavy (non-hydrogen) atoms. The molecule has 1 amide bonds. The fourth-order valence-electron chi connectivity index (χ4n) is 3.11. The van der Waals surface area contributed by atoms with Crippen LogP contribution in [0.4, 0.5) is 0 Å². The first-order valence-electron chi connectivity index (χ1n) is 9.26. The number of benzene rings is 2. The molecule has 1 unspecified atom stereocenters. The Hall–Kier alpha value is -2.99. The second-order valence-electron chi connectivity index (χ2n) is 6.24. The molecule has 1 atom stereocenters. The van der Waals surface area contributed by atoms with Gasteiger partial charge < -0.3 is 5.32 Å². The lowest BCUT2D eigenvalue weighted by Gasteiger charge is -2.28. The fourth-order valence-corrected chi connectivity index (χ4v) is 3.11. The number of nitrogens with one attached hydrogen (secondary N) is 1. The summed E-state index contributed by atoms with van der Waals surface area (Å²) >= 11 is 0. The molecule has 0 spiro atoms. The highest BCUT2D eigenvalue weighted by atomic mass is 16.2. The molecule has 0 aliphatic carbocycles. The molecule has 0 aliphatic rings. The molecule has 0 radical (unpaired) electrons. The molecular weight excluding hydrogens is 338 g/mol. The number of carbonyl (C=O) groups excluding carboxylic acids is 1. The highest BCUT2D eigenvalue weighted by Gasteiger charge is 2.25. The minimum absolute atomic E-state index is 0.0286. The second-order valence-corrected chi connectivity index (χ2v) is 6.24. The van der Waals surface area contributed by atoms with Crippen molar-refractivity contribution in [2.24, 2.45) is 0 Å². The zero-order valence-electron chi connectivity index (χ0n) is 15.7. The standard InChI is InChI=1S/C21H25N5O/c1-3-25(4-2)20(17-11-7-5-8-12-17)21(27)22-15-18-16-26(24-23-18)19-13-9-6-10-14-19/h5-14,16,20H,3-4,15H2,1-2H3,(H,22,27). The lowest BCUT2D eigenvalue weighted by Crippen LogP contribution is -2.40. The van der Waals surface area contributed by atoms with Crippen LogP contribution in [0.15, 0.2) is 66.9 Å². The van der Waals surface area contributed by atoms with Crippen LogP contribution < -0.4 is 5.32 Å². The summed E-state index contributed by atoms with van der Waals surface area (Å²) in [5, 5.41) is 11.3. The average molecular weight is 363 g/mol. The summed E-state index contributed by atoms with van der Waals surface area (Å²) in [4.78, 5) is 15.1. The van der Waals surface area contributed by atoms with E-state index in [1.54, 1.807) is 4.68 Å². The third kappa shape index (κ3) is 4.60. The van der Waals surface area contributed by atoms with Crippen LogP contribution in [-0.4, -0.2) is 38.9 Å². The quantitative estimate of drug-likeness (QED) is 0.668. The van der Waals surface area contributed by atoms with Crippen molar-refractivity contribution in [2.45, 2.75) is 26.4 Å². The summed E-state index contributed by atoms with van der Waals surface area (Å²) in [6.07, 6.45) is 1.84. The van der Waals surface area contributed by atoms with Crippen LogP contribution in [0.1, 0.15) is 31.1 Å². The van der Waals surface area contributed by atoms with Gasteiger partial charge in [-0.15, -0.1) is 5.10 Å². The van der Waals surface area contributed by atoms with Gasteiger partial charge in [0.05, 0.1) is 18.4 Å². The maximum atomic E-state index is 12.9. The molecule has 3 rings (SSSR count). The van der Waals surface area contributed by atoms with Crippen LogP contribution in [0.5, 0.6) is 0 Å². The van der Waals surface area contributed by atoms with Crippen molar-refractivity contribution < 1.29 is 4.79 Å². The minimum Gasteiger partial charge on any atom is -0.349 e. The number of likely N-dealkylation sites (N-methyl/N-ethyl adjacent to an activating group) is 1. The third-order valence-corrected chi connectivity index (χ3v) is 4.55. The Morgan fingerprint density at radius 1 is 1.04 bits per heavy atom. The molecule has 6 nitrogen and oxygen atoms in total. The summed E-state index contributed by atoms with van der Waals surface area (Å²) in [6, 6.07) is 19.3. The van der Waals surface area contributed by atoms with Crippen molar-refractivity contribution in [1.82, 2.24) is 25.2 Å². The molecule has 0 aliphatic heterocycles. The van der Waals surface area contributed by atoms with Gasteiger partial charge in [-0.2, -0.15) is 0 Å². The highest BCUT2D eigenvalue weighted by molar-refractivity contribution is 5.83. The molecule has 2 aromatic carbocycles. The first-order valence-corrected chi connectivity index (χ1v) is 9.26. The number of nitrogens with zero attached hydrogens (tertiary/aromatic N) is 4. The maximum Gasteiger partial charge on any atom is 0.242 e. The van der Waals surface area contributed by atoms with Crippen LogP contribution in [-0.2, 0) is 11.3 Å². The predicted molar refractivity (Wildman–Crippen MR) is 105 cm³/mol. The van der Waals surface area contributed by atoms with Gasteiger partial charge in [-0.25, -0.2) is 4.68 Å². The van der Waals surface area contributed by atoms with Crippen LogP contribution in [0.25, 0.3) is 5.69 Å². The Morgan fingerprint density at radius 3 is 2.30 bits per heavy atom. The van der Waals surface area contributed by atoms with Gasteiger partial charge in [0.1, 0.15) is 11.7 Å². The molecule has 1 heterocycles. The van der Waals surface area contributed by atoms with Crippen molar-refractivity contribution in [1.29, 1.82) is 0 Å². The Labute approximate surface area is 159 Å². The number of para-hydroxylation sites is 1. The van der Waals surface area contributed by atoms with Crippen molar-refractivity contribution in [3.8, 4) is 5.69 Å². The molecule has 0 bridgehead atoms. The van der Waals surface area contributed by atoms with E-state index in [4.69, 9.17) is 0 Å². The first-order chi connectivity index (χ1) is 13.2. The van der Waals surface area contributed by atoms with E-state index in [2.05, 4.69) is 34.4 Å². The largest absolute Gasteiger partial charge is 0.349 e. The molecule has 6 heteroatoms. The molecule has 1 aromatic heterocycles. The molecule has 0 saturated heterocycles. The van der Waals surface area contributed by atoms with E-state index in [-0.39, 0.29) is 11.9 Å². The molecule has 3 aromatic rings. The molecular formula is C21H25N5O. The second kappa shape index (κ2) is 9.09. The Kier molecular flexibility index (Phi) is 6.33. The van der Waals surface area contributed by atoms with Gasteiger partial charge in [-0.05, 0) is 30.8 Å². The van der Waals surface area contributed by atoms with Gasteiger partial charge in [0.2, 0.25) is 5.91 Å². The van der Waals surface area contributed by atoms with Gasteiger partial charge in [-0.1, -0.05) is 67.6 Å². The lowest BCUT2D eigenvalue weighted by molar-refractivity contribution is -0.126. The van der Waals surface area contributed by atoms with Crippen LogP contribution in [0.2, 0.25) is 0 Å². The zero-order valence-corrected chi connectivity index (χ0v) is 15.7. The first kappa shape index (κ1) is 18.8. The van der Waals surface area contributed by atoms with Crippen molar-refractivity contribution in [3.05, 3.63) is 78.1 Å². The number of hydrogen-bond donors (Lipinski definition) is 1. The monoisotopic (exact) mass is 363 g/mol. The van der Waals surface area contributed by atoms with Gasteiger partial charge in [0, 0.05) is 0 Å².